The molecule has 0 radical (unpaired) electrons. The van der Waals surface area contributed by atoms with E-state index >= 15 is 0 Å². The van der Waals surface area contributed by atoms with Crippen molar-refractivity contribution in [2.75, 3.05) is 10.6 Å². The molecule has 0 spiro atoms. The molecule has 0 fully saturated rings. The predicted octanol–water partition coefficient (Wildman–Crippen LogP) is 2.11. The van der Waals surface area contributed by atoms with E-state index < -0.39 is 11.8 Å². The molecule has 4 aromatic heterocycles. The van der Waals surface area contributed by atoms with Gasteiger partial charge in [-0.2, -0.15) is 15.3 Å². The lowest BCUT2D eigenvalue weighted by atomic mass is 10.2. The zero-order valence-corrected chi connectivity index (χ0v) is 18.0. The number of carbonyl (C=O) groups excluding carboxylic acids is 2. The molecular formula is C20H23N9O2. The van der Waals surface area contributed by atoms with Gasteiger partial charge in [0.25, 0.3) is 11.8 Å². The van der Waals surface area contributed by atoms with Crippen molar-refractivity contribution in [3.05, 3.63) is 53.0 Å². The number of fused-ring (bicyclic) bond motifs is 1. The molecule has 0 atom stereocenters. The number of nitrogens with zero attached hydrogens (tertiary/aromatic N) is 7. The maximum atomic E-state index is 13.0. The van der Waals surface area contributed by atoms with Crippen LogP contribution in [0.3, 0.4) is 0 Å². The smallest absolute Gasteiger partial charge is 0.276 e. The molecule has 0 aromatic carbocycles. The molecule has 0 unspecified atom stereocenters. The van der Waals surface area contributed by atoms with Gasteiger partial charge in [0.2, 0.25) is 0 Å². The molecule has 0 saturated heterocycles. The van der Waals surface area contributed by atoms with Crippen molar-refractivity contribution in [1.29, 1.82) is 0 Å². The molecule has 4 heterocycles. The summed E-state index contributed by atoms with van der Waals surface area (Å²) in [4.78, 5) is 30.5. The van der Waals surface area contributed by atoms with E-state index in [1.165, 1.54) is 17.1 Å². The third kappa shape index (κ3) is 3.54. The van der Waals surface area contributed by atoms with Crippen molar-refractivity contribution in [3.8, 4) is 0 Å². The number of hydrogen-bond acceptors (Lipinski definition) is 6. The highest BCUT2D eigenvalue weighted by Crippen LogP contribution is 2.21. The molecule has 31 heavy (non-hydrogen) atoms. The van der Waals surface area contributed by atoms with Crippen molar-refractivity contribution in [1.82, 2.24) is 34.2 Å². The molecule has 2 N–H and O–H groups in total. The molecule has 11 heteroatoms. The Labute approximate surface area is 178 Å². The first kappa shape index (κ1) is 20.3. The fraction of sp³-hybridized carbons (Fsp3) is 0.300. The summed E-state index contributed by atoms with van der Waals surface area (Å²) in [6.07, 6.45) is 4.50. The Balaban J connectivity index is 1.65. The molecule has 2 amide bonds. The topological polar surface area (TPSA) is 124 Å². The zero-order chi connectivity index (χ0) is 22.3. The van der Waals surface area contributed by atoms with Gasteiger partial charge >= 0.3 is 0 Å². The average molecular weight is 421 g/mol. The Morgan fingerprint density at radius 2 is 1.68 bits per heavy atom. The van der Waals surface area contributed by atoms with Crippen LogP contribution in [0.2, 0.25) is 0 Å². The Morgan fingerprint density at radius 1 is 0.968 bits per heavy atom. The minimum absolute atomic E-state index is 0.246. The van der Waals surface area contributed by atoms with Crippen LogP contribution in [0.15, 0.2) is 24.7 Å². The van der Waals surface area contributed by atoms with Crippen molar-refractivity contribution in [2.24, 2.45) is 7.05 Å². The summed E-state index contributed by atoms with van der Waals surface area (Å²) >= 11 is 0. The van der Waals surface area contributed by atoms with Crippen molar-refractivity contribution >= 4 is 28.8 Å². The first-order chi connectivity index (χ1) is 14.8. The van der Waals surface area contributed by atoms with Gasteiger partial charge in [-0.15, -0.1) is 0 Å². The predicted molar refractivity (Wildman–Crippen MR) is 114 cm³/mol. The molecule has 4 rings (SSSR count). The minimum Gasteiger partial charge on any atom is -0.318 e. The maximum absolute atomic E-state index is 13.0. The van der Waals surface area contributed by atoms with Crippen LogP contribution in [0, 0.1) is 20.8 Å². The van der Waals surface area contributed by atoms with E-state index in [4.69, 9.17) is 0 Å². The lowest BCUT2D eigenvalue weighted by Crippen LogP contribution is -2.21. The van der Waals surface area contributed by atoms with Gasteiger partial charge < -0.3 is 10.6 Å². The number of hydrogen-bond donors (Lipinski definition) is 2. The molecule has 0 saturated carbocycles. The summed E-state index contributed by atoms with van der Waals surface area (Å²) < 4.78 is 4.80. The second kappa shape index (κ2) is 7.67. The van der Waals surface area contributed by atoms with Crippen LogP contribution < -0.4 is 10.6 Å². The monoisotopic (exact) mass is 421 g/mol. The van der Waals surface area contributed by atoms with E-state index in [2.05, 4.69) is 30.9 Å². The number of anilines is 2. The van der Waals surface area contributed by atoms with Gasteiger partial charge in [0.1, 0.15) is 11.3 Å². The largest absolute Gasteiger partial charge is 0.318 e. The molecule has 0 aliphatic carbocycles. The third-order valence-corrected chi connectivity index (χ3v) is 5.11. The number of nitrogens with one attached hydrogen (secondary N) is 2. The molecule has 160 valence electrons. The van der Waals surface area contributed by atoms with Gasteiger partial charge in [-0.05, 0) is 33.8 Å². The van der Waals surface area contributed by atoms with Crippen molar-refractivity contribution in [2.45, 2.75) is 34.2 Å². The molecule has 0 aliphatic rings. The quantitative estimate of drug-likeness (QED) is 0.509. The number of rotatable bonds is 5. The van der Waals surface area contributed by atoms with Gasteiger partial charge in [0, 0.05) is 25.0 Å². The summed E-state index contributed by atoms with van der Waals surface area (Å²) in [5.41, 5.74) is 4.36. The normalized spacial score (nSPS) is 11.1. The number of aryl methyl sites for hydroxylation is 4. The second-order valence-corrected chi connectivity index (χ2v) is 7.23. The molecule has 11 nitrogen and oxygen atoms in total. The standard InChI is InChI=1S/C20H23N9O2/c1-6-28-17(20(31)25-15-9-21-27(5)13(15)4)16(10-22-28)26-19(30)14-8-23-29-12(3)7-11(2)24-18(14)29/h7-10H,6H2,1-5H3,(H,25,31)(H,26,30). The van der Waals surface area contributed by atoms with Crippen molar-refractivity contribution in [3.63, 3.8) is 0 Å². The Hall–Kier alpha value is -4.02. The summed E-state index contributed by atoms with van der Waals surface area (Å²) in [5.74, 6) is -0.815. The molecule has 0 aliphatic heterocycles. The van der Waals surface area contributed by atoms with Crippen LogP contribution in [-0.4, -0.2) is 46.0 Å². The van der Waals surface area contributed by atoms with Crippen LogP contribution in [0.5, 0.6) is 0 Å². The zero-order valence-electron chi connectivity index (χ0n) is 18.0. The van der Waals surface area contributed by atoms with E-state index in [0.29, 0.717) is 29.1 Å². The lowest BCUT2D eigenvalue weighted by molar-refractivity contribution is 0.101. The third-order valence-electron chi connectivity index (χ3n) is 5.11. The van der Waals surface area contributed by atoms with Crippen LogP contribution in [0.4, 0.5) is 11.4 Å². The van der Waals surface area contributed by atoms with Gasteiger partial charge in [-0.3, -0.25) is 19.0 Å². The van der Waals surface area contributed by atoms with Gasteiger partial charge in [0.05, 0.1) is 35.7 Å². The van der Waals surface area contributed by atoms with E-state index in [1.54, 1.807) is 22.4 Å². The van der Waals surface area contributed by atoms with Crippen LogP contribution in [-0.2, 0) is 13.6 Å². The van der Waals surface area contributed by atoms with E-state index in [-0.39, 0.29) is 5.69 Å². The minimum atomic E-state index is -0.422. The van der Waals surface area contributed by atoms with Crippen LogP contribution in [0.25, 0.3) is 5.65 Å². The summed E-state index contributed by atoms with van der Waals surface area (Å²) in [7, 11) is 1.79. The number of amides is 2. The first-order valence-corrected chi connectivity index (χ1v) is 9.79. The Bertz CT molecular complexity index is 1310. The summed E-state index contributed by atoms with van der Waals surface area (Å²) in [5, 5.41) is 18.2. The Kier molecular flexibility index (Phi) is 5.01. The second-order valence-electron chi connectivity index (χ2n) is 7.23. The van der Waals surface area contributed by atoms with E-state index in [9.17, 15) is 9.59 Å². The summed E-state index contributed by atoms with van der Waals surface area (Å²) in [6.45, 7) is 7.93. The molecule has 0 bridgehead atoms. The number of aromatic nitrogens is 7. The van der Waals surface area contributed by atoms with Gasteiger partial charge in [-0.25, -0.2) is 9.50 Å². The van der Waals surface area contributed by atoms with Gasteiger partial charge in [-0.1, -0.05) is 0 Å². The van der Waals surface area contributed by atoms with E-state index in [1.807, 2.05) is 33.8 Å². The van der Waals surface area contributed by atoms with Crippen molar-refractivity contribution < 1.29 is 9.59 Å². The molecule has 4 aromatic rings. The fourth-order valence-electron chi connectivity index (χ4n) is 3.38. The highest BCUT2D eigenvalue weighted by Gasteiger charge is 2.23. The van der Waals surface area contributed by atoms with Crippen LogP contribution >= 0.6 is 0 Å². The highest BCUT2D eigenvalue weighted by molar-refractivity contribution is 6.13. The average Bonchev–Trinajstić information content (AvgIpc) is 3.41. The first-order valence-electron chi connectivity index (χ1n) is 9.79. The number of carbonyl (C=O) groups is 2. The molecular weight excluding hydrogens is 398 g/mol. The van der Waals surface area contributed by atoms with E-state index in [0.717, 1.165) is 17.1 Å². The lowest BCUT2D eigenvalue weighted by Gasteiger charge is -2.10. The Morgan fingerprint density at radius 3 is 2.35 bits per heavy atom. The maximum Gasteiger partial charge on any atom is 0.276 e. The SMILES string of the molecule is CCn1ncc(NC(=O)c2cnn3c(C)cc(C)nc23)c1C(=O)Nc1cnn(C)c1C. The fourth-order valence-corrected chi connectivity index (χ4v) is 3.38. The highest BCUT2D eigenvalue weighted by atomic mass is 16.2. The van der Waals surface area contributed by atoms with Gasteiger partial charge in [0.15, 0.2) is 5.65 Å². The van der Waals surface area contributed by atoms with Crippen LogP contribution in [0.1, 0.15) is 44.9 Å². The summed E-state index contributed by atoms with van der Waals surface area (Å²) in [6, 6.07) is 1.88.